The van der Waals surface area contributed by atoms with E-state index in [1.807, 2.05) is 42.5 Å². The lowest BCUT2D eigenvalue weighted by Gasteiger charge is -2.39. The Hall–Kier alpha value is -5.18. The van der Waals surface area contributed by atoms with Crippen molar-refractivity contribution in [3.8, 4) is 11.1 Å². The van der Waals surface area contributed by atoms with E-state index in [1.54, 1.807) is 24.5 Å². The Morgan fingerprint density at radius 2 is 1.61 bits per heavy atom. The van der Waals surface area contributed by atoms with Crippen molar-refractivity contribution in [2.75, 3.05) is 13.6 Å². The number of rotatable bonds is 11. The van der Waals surface area contributed by atoms with Gasteiger partial charge in [0.05, 0.1) is 24.4 Å². The lowest BCUT2D eigenvalue weighted by molar-refractivity contribution is -0.253. The average molecular weight is 678 g/mol. The zero-order valence-electron chi connectivity index (χ0n) is 29.0. The molecule has 0 unspecified atom stereocenters. The van der Waals surface area contributed by atoms with Crippen molar-refractivity contribution in [2.24, 2.45) is 0 Å². The highest BCUT2D eigenvalue weighted by Crippen LogP contribution is 2.39. The molecule has 2 heterocycles. The van der Waals surface area contributed by atoms with E-state index in [9.17, 15) is 9.90 Å². The van der Waals surface area contributed by atoms with Gasteiger partial charge in [0, 0.05) is 43.5 Å². The van der Waals surface area contributed by atoms with Crippen LogP contribution in [0, 0.1) is 0 Å². The molecule has 1 aromatic heterocycles. The molecule has 2 N–H and O–H groups in total. The van der Waals surface area contributed by atoms with Crippen LogP contribution in [0.25, 0.3) is 21.9 Å². The van der Waals surface area contributed by atoms with Crippen LogP contribution in [0.3, 0.4) is 0 Å². The van der Waals surface area contributed by atoms with Gasteiger partial charge >= 0.3 is 0 Å². The molecule has 5 aromatic carbocycles. The SMILES string of the molecule is C[C@H](c1ccc2ccccc2c1)N(C)C[C@@H]1C[C@H](c2ccc(CO)cc2)O[C@H](c2ccc(-c3ccccc3CNC(=O)c3cccnc3)cc2)O1. The van der Waals surface area contributed by atoms with Gasteiger partial charge in [-0.25, -0.2) is 0 Å². The van der Waals surface area contributed by atoms with Crippen molar-refractivity contribution in [1.82, 2.24) is 15.2 Å². The summed E-state index contributed by atoms with van der Waals surface area (Å²) in [5.74, 6) is -0.160. The minimum atomic E-state index is -0.557. The molecular weight excluding hydrogens is 635 g/mol. The summed E-state index contributed by atoms with van der Waals surface area (Å²) in [5.41, 5.74) is 7.77. The van der Waals surface area contributed by atoms with Crippen molar-refractivity contribution < 1.29 is 19.4 Å². The van der Waals surface area contributed by atoms with E-state index in [-0.39, 0.29) is 30.8 Å². The van der Waals surface area contributed by atoms with E-state index in [1.165, 1.54) is 16.3 Å². The van der Waals surface area contributed by atoms with Crippen LogP contribution < -0.4 is 5.32 Å². The van der Waals surface area contributed by atoms with E-state index < -0.39 is 6.29 Å². The molecule has 1 fully saturated rings. The highest BCUT2D eigenvalue weighted by Gasteiger charge is 2.33. The number of aromatic nitrogens is 1. The number of likely N-dealkylation sites (N-methyl/N-ethyl adjacent to an activating group) is 1. The number of ether oxygens (including phenoxy) is 2. The van der Waals surface area contributed by atoms with E-state index in [0.717, 1.165) is 39.9 Å². The first kappa shape index (κ1) is 34.3. The second-order valence-electron chi connectivity index (χ2n) is 13.3. The van der Waals surface area contributed by atoms with Crippen molar-refractivity contribution in [3.05, 3.63) is 173 Å². The van der Waals surface area contributed by atoms with Gasteiger partial charge in [0.25, 0.3) is 5.91 Å². The van der Waals surface area contributed by atoms with Gasteiger partial charge in [0.15, 0.2) is 6.29 Å². The Morgan fingerprint density at radius 1 is 0.863 bits per heavy atom. The van der Waals surface area contributed by atoms with Gasteiger partial charge in [-0.1, -0.05) is 109 Å². The van der Waals surface area contributed by atoms with E-state index in [4.69, 9.17) is 9.47 Å². The Morgan fingerprint density at radius 3 is 2.37 bits per heavy atom. The number of carbonyl (C=O) groups is 1. The summed E-state index contributed by atoms with van der Waals surface area (Å²) in [4.78, 5) is 19.1. The van der Waals surface area contributed by atoms with E-state index >= 15 is 0 Å². The Bertz CT molecular complexity index is 2070. The summed E-state index contributed by atoms with van der Waals surface area (Å²) < 4.78 is 13.4. The fourth-order valence-electron chi connectivity index (χ4n) is 6.78. The van der Waals surface area contributed by atoms with Crippen LogP contribution in [-0.4, -0.2) is 40.6 Å². The maximum atomic E-state index is 12.7. The second-order valence-corrected chi connectivity index (χ2v) is 13.3. The molecule has 1 amide bonds. The maximum Gasteiger partial charge on any atom is 0.253 e. The quantitative estimate of drug-likeness (QED) is 0.143. The van der Waals surface area contributed by atoms with Crippen LogP contribution in [0.1, 0.15) is 70.0 Å². The molecule has 258 valence electrons. The summed E-state index contributed by atoms with van der Waals surface area (Å²) >= 11 is 0. The number of aliphatic hydroxyl groups is 1. The number of fused-ring (bicyclic) bond motifs is 1. The van der Waals surface area contributed by atoms with Crippen molar-refractivity contribution in [1.29, 1.82) is 0 Å². The first-order chi connectivity index (χ1) is 24.9. The van der Waals surface area contributed by atoms with Gasteiger partial charge in [-0.2, -0.15) is 0 Å². The van der Waals surface area contributed by atoms with Crippen LogP contribution >= 0.6 is 0 Å². The molecule has 0 saturated carbocycles. The second kappa shape index (κ2) is 15.8. The molecule has 1 saturated heterocycles. The lowest BCUT2D eigenvalue weighted by atomic mass is 9.97. The Kier molecular flexibility index (Phi) is 10.6. The highest BCUT2D eigenvalue weighted by molar-refractivity contribution is 5.93. The number of hydrogen-bond donors (Lipinski definition) is 2. The molecule has 0 radical (unpaired) electrons. The summed E-state index contributed by atoms with van der Waals surface area (Å²) in [7, 11) is 2.16. The molecule has 0 spiro atoms. The monoisotopic (exact) mass is 677 g/mol. The fraction of sp³-hybridized carbons (Fsp3) is 0.227. The summed E-state index contributed by atoms with van der Waals surface area (Å²) in [6.45, 7) is 3.37. The molecule has 7 nitrogen and oxygen atoms in total. The highest BCUT2D eigenvalue weighted by atomic mass is 16.7. The van der Waals surface area contributed by atoms with Gasteiger partial charge in [-0.3, -0.25) is 14.7 Å². The summed E-state index contributed by atoms with van der Waals surface area (Å²) in [5, 5.41) is 15.1. The van der Waals surface area contributed by atoms with Gasteiger partial charge < -0.3 is 19.9 Å². The lowest BCUT2D eigenvalue weighted by Crippen LogP contribution is -2.38. The zero-order valence-corrected chi connectivity index (χ0v) is 29.0. The minimum absolute atomic E-state index is 0.00394. The fourth-order valence-corrected chi connectivity index (χ4v) is 6.78. The van der Waals surface area contributed by atoms with Crippen molar-refractivity contribution >= 4 is 16.7 Å². The number of aliphatic hydroxyl groups excluding tert-OH is 1. The third-order valence-electron chi connectivity index (χ3n) is 9.90. The van der Waals surface area contributed by atoms with Gasteiger partial charge in [-0.05, 0) is 76.3 Å². The molecule has 0 bridgehead atoms. The maximum absolute atomic E-state index is 12.7. The number of benzene rings is 5. The molecule has 7 heteroatoms. The topological polar surface area (TPSA) is 83.9 Å². The molecule has 1 aliphatic rings. The molecule has 0 aliphatic carbocycles. The molecule has 4 atom stereocenters. The average Bonchev–Trinajstić information content (AvgIpc) is 3.19. The standard InChI is InChI=1S/C44H43N3O4/c1-30(36-22-17-32-8-3-4-9-37(32)24-36)47(2)28-40-25-42(34-15-13-31(29-48)14-16-34)51-44(50-40)35-20-18-33(19-21-35)41-12-6-5-10-38(41)27-46-43(49)39-11-7-23-45-26-39/h3-24,26,30,40,42,44,48H,25,27-29H2,1-2H3,(H,46,49)/t30-,40+,42-,44-/m1/s1. The Labute approximate surface area is 299 Å². The van der Waals surface area contributed by atoms with E-state index in [0.29, 0.717) is 18.5 Å². The summed E-state index contributed by atoms with van der Waals surface area (Å²) in [6.07, 6.45) is 3.12. The zero-order chi connectivity index (χ0) is 35.2. The predicted molar refractivity (Wildman–Crippen MR) is 201 cm³/mol. The number of nitrogens with one attached hydrogen (secondary N) is 1. The van der Waals surface area contributed by atoms with Gasteiger partial charge in [-0.15, -0.1) is 0 Å². The smallest absolute Gasteiger partial charge is 0.253 e. The van der Waals surface area contributed by atoms with Crippen LogP contribution in [0.15, 0.2) is 140 Å². The normalized spacial score (nSPS) is 18.1. The first-order valence-electron chi connectivity index (χ1n) is 17.5. The van der Waals surface area contributed by atoms with Crippen LogP contribution in [-0.2, 0) is 22.6 Å². The number of pyridine rings is 1. The van der Waals surface area contributed by atoms with E-state index in [2.05, 4.69) is 102 Å². The summed E-state index contributed by atoms with van der Waals surface area (Å²) in [6, 6.07) is 43.3. The molecule has 1 aliphatic heterocycles. The van der Waals surface area contributed by atoms with Crippen LogP contribution in [0.2, 0.25) is 0 Å². The van der Waals surface area contributed by atoms with Crippen molar-refractivity contribution in [3.63, 3.8) is 0 Å². The first-order valence-corrected chi connectivity index (χ1v) is 17.5. The third kappa shape index (κ3) is 8.08. The number of hydrogen-bond acceptors (Lipinski definition) is 6. The number of carbonyl (C=O) groups excluding carboxylic acids is 1. The number of amides is 1. The minimum Gasteiger partial charge on any atom is -0.392 e. The number of nitrogens with zero attached hydrogens (tertiary/aromatic N) is 2. The predicted octanol–water partition coefficient (Wildman–Crippen LogP) is 8.56. The molecule has 7 rings (SSSR count). The molecule has 6 aromatic rings. The van der Waals surface area contributed by atoms with Crippen LogP contribution in [0.4, 0.5) is 0 Å². The van der Waals surface area contributed by atoms with Gasteiger partial charge in [0.1, 0.15) is 0 Å². The molecular formula is C44H43N3O4. The third-order valence-corrected chi connectivity index (χ3v) is 9.90. The van der Waals surface area contributed by atoms with Crippen LogP contribution in [0.5, 0.6) is 0 Å². The largest absolute Gasteiger partial charge is 0.392 e. The van der Waals surface area contributed by atoms with Gasteiger partial charge in [0.2, 0.25) is 0 Å². The molecule has 51 heavy (non-hydrogen) atoms. The van der Waals surface area contributed by atoms with Crippen molar-refractivity contribution in [2.45, 2.75) is 51.0 Å². The Balaban J connectivity index is 1.09.